The number of hydrogen-bond acceptors (Lipinski definition) is 9. The van der Waals surface area contributed by atoms with Crippen molar-refractivity contribution in [3.05, 3.63) is 58.7 Å². The molecule has 11 nitrogen and oxygen atoms in total. The van der Waals surface area contributed by atoms with Crippen molar-refractivity contribution in [1.29, 1.82) is 0 Å². The molecule has 2 aliphatic rings. The fourth-order valence-electron chi connectivity index (χ4n) is 3.99. The number of hydrogen-bond donors (Lipinski definition) is 0. The van der Waals surface area contributed by atoms with Crippen LogP contribution in [0.1, 0.15) is 48.0 Å². The molecule has 2 aromatic rings. The summed E-state index contributed by atoms with van der Waals surface area (Å²) in [4.78, 5) is 49.4. The molecule has 194 valence electrons. The normalized spacial score (nSPS) is 16.9. The molecule has 1 aromatic carbocycles. The maximum Gasteiger partial charge on any atom is 0.424 e. The molecule has 1 unspecified atom stereocenters. The number of nitro groups is 1. The zero-order valence-corrected chi connectivity index (χ0v) is 21.6. The van der Waals surface area contributed by atoms with Crippen molar-refractivity contribution in [2.24, 2.45) is 10.9 Å². The minimum absolute atomic E-state index is 0.139. The number of benzene rings is 1. The van der Waals surface area contributed by atoms with E-state index in [0.29, 0.717) is 16.1 Å². The largest absolute Gasteiger partial charge is 0.443 e. The predicted molar refractivity (Wildman–Crippen MR) is 140 cm³/mol. The zero-order chi connectivity index (χ0) is 27.1. The summed E-state index contributed by atoms with van der Waals surface area (Å²) in [5.41, 5.74) is -1.78. The Morgan fingerprint density at radius 3 is 2.35 bits per heavy atom. The molecular weight excluding hydrogens is 478 g/mol. The summed E-state index contributed by atoms with van der Waals surface area (Å²) in [7, 11) is 0. The van der Waals surface area contributed by atoms with E-state index in [9.17, 15) is 19.7 Å². The van der Waals surface area contributed by atoms with Crippen LogP contribution >= 0.6 is 0 Å². The standard InChI is InChI=1S/C26H29N5O6/c1-25(2,3)36-23(32)30(24(33)37-26(4,5)6)22-18-13-21(28-14-17(18)7-8-19(22)31(34)35)29-12-10-16-9-11-27-15-20(16)29/h7-8,10-16H,9H2,1-6H3. The molecule has 1 aromatic heterocycles. The lowest BCUT2D eigenvalue weighted by Gasteiger charge is -2.29. The van der Waals surface area contributed by atoms with Crippen LogP contribution in [0.25, 0.3) is 10.8 Å². The van der Waals surface area contributed by atoms with Crippen LogP contribution in [-0.4, -0.2) is 39.5 Å². The average molecular weight is 508 g/mol. The number of imide groups is 1. The highest BCUT2D eigenvalue weighted by Crippen LogP contribution is 2.41. The quantitative estimate of drug-likeness (QED) is 0.361. The highest BCUT2D eigenvalue weighted by atomic mass is 16.6. The summed E-state index contributed by atoms with van der Waals surface area (Å²) in [6.07, 6.45) is 7.53. The van der Waals surface area contributed by atoms with Gasteiger partial charge in [0, 0.05) is 53.3 Å². The van der Waals surface area contributed by atoms with Crippen molar-refractivity contribution >= 4 is 46.4 Å². The van der Waals surface area contributed by atoms with Crippen molar-refractivity contribution in [3.8, 4) is 0 Å². The van der Waals surface area contributed by atoms with Crippen molar-refractivity contribution < 1.29 is 24.0 Å². The van der Waals surface area contributed by atoms with E-state index in [1.54, 1.807) is 53.8 Å². The molecule has 0 saturated carbocycles. The summed E-state index contributed by atoms with van der Waals surface area (Å²) >= 11 is 0. The molecule has 0 bridgehead atoms. The number of ether oxygens (including phenoxy) is 2. The van der Waals surface area contributed by atoms with Gasteiger partial charge in [-0.15, -0.1) is 0 Å². The van der Waals surface area contributed by atoms with Gasteiger partial charge in [0.15, 0.2) is 0 Å². The van der Waals surface area contributed by atoms with Crippen LogP contribution in [0.15, 0.2) is 53.6 Å². The Labute approximate surface area is 214 Å². The predicted octanol–water partition coefficient (Wildman–Crippen LogP) is 6.09. The van der Waals surface area contributed by atoms with Crippen molar-refractivity contribution in [3.63, 3.8) is 0 Å². The van der Waals surface area contributed by atoms with E-state index in [2.05, 4.69) is 9.98 Å². The molecule has 0 fully saturated rings. The number of pyridine rings is 1. The summed E-state index contributed by atoms with van der Waals surface area (Å²) in [6, 6.07) is 4.35. The summed E-state index contributed by atoms with van der Waals surface area (Å²) in [6.45, 7) is 9.80. The van der Waals surface area contributed by atoms with Crippen molar-refractivity contribution in [2.75, 3.05) is 9.80 Å². The lowest BCUT2D eigenvalue weighted by atomic mass is 10.0. The number of allylic oxidation sites excluding steroid dienone is 1. The Kier molecular flexibility index (Phi) is 6.49. The van der Waals surface area contributed by atoms with Gasteiger partial charge in [-0.2, -0.15) is 4.90 Å². The van der Waals surface area contributed by atoms with E-state index in [0.717, 1.165) is 12.1 Å². The maximum absolute atomic E-state index is 13.4. The zero-order valence-electron chi connectivity index (χ0n) is 21.6. The molecule has 1 atom stereocenters. The van der Waals surface area contributed by atoms with Gasteiger partial charge < -0.3 is 14.4 Å². The van der Waals surface area contributed by atoms with Crippen LogP contribution in [-0.2, 0) is 9.47 Å². The van der Waals surface area contributed by atoms with Crippen LogP contribution < -0.4 is 9.80 Å². The third-order valence-corrected chi connectivity index (χ3v) is 5.46. The second kappa shape index (κ2) is 9.30. The third-order valence-electron chi connectivity index (χ3n) is 5.46. The van der Waals surface area contributed by atoms with E-state index in [1.165, 1.54) is 18.3 Å². The average Bonchev–Trinajstić information content (AvgIpc) is 3.20. The second-order valence-corrected chi connectivity index (χ2v) is 10.7. The number of fused-ring (bicyclic) bond motifs is 2. The van der Waals surface area contributed by atoms with Gasteiger partial charge in [0.2, 0.25) is 0 Å². The Morgan fingerprint density at radius 2 is 1.76 bits per heavy atom. The summed E-state index contributed by atoms with van der Waals surface area (Å²) < 4.78 is 11.0. The van der Waals surface area contributed by atoms with E-state index >= 15 is 0 Å². The molecule has 2 amide bonds. The Balaban J connectivity index is 1.93. The first-order chi connectivity index (χ1) is 17.2. The van der Waals surface area contributed by atoms with Gasteiger partial charge in [0.05, 0.1) is 4.92 Å². The lowest BCUT2D eigenvalue weighted by Crippen LogP contribution is -2.44. The van der Waals surface area contributed by atoms with Gasteiger partial charge in [0.25, 0.3) is 5.69 Å². The molecule has 11 heteroatoms. The van der Waals surface area contributed by atoms with Crippen molar-refractivity contribution in [1.82, 2.24) is 4.98 Å². The molecular formula is C26H29N5O6. The van der Waals surface area contributed by atoms with Gasteiger partial charge in [-0.05, 0) is 60.1 Å². The molecule has 3 heterocycles. The third kappa shape index (κ3) is 5.45. The number of rotatable bonds is 3. The van der Waals surface area contributed by atoms with Crippen molar-refractivity contribution in [2.45, 2.75) is 59.2 Å². The SMILES string of the molecule is CC(C)(C)OC(=O)N(C(=O)OC(C)(C)C)c1c([N+](=O)[O-])ccc2cnc(N3C=CC4CC=NC=C43)cc12. The Hall–Kier alpha value is -4.28. The summed E-state index contributed by atoms with van der Waals surface area (Å²) in [5.74, 6) is 0.587. The molecule has 4 rings (SSSR count). The van der Waals surface area contributed by atoms with Crippen LogP contribution in [0.5, 0.6) is 0 Å². The molecule has 0 N–H and O–H groups in total. The van der Waals surface area contributed by atoms with Crippen LogP contribution in [0.2, 0.25) is 0 Å². The second-order valence-electron chi connectivity index (χ2n) is 10.7. The topological polar surface area (TPSA) is 127 Å². The van der Waals surface area contributed by atoms with E-state index in [-0.39, 0.29) is 17.0 Å². The van der Waals surface area contributed by atoms with E-state index < -0.39 is 34.0 Å². The van der Waals surface area contributed by atoms with E-state index in [4.69, 9.17) is 9.47 Å². The van der Waals surface area contributed by atoms with Gasteiger partial charge in [0.1, 0.15) is 22.7 Å². The fourth-order valence-corrected chi connectivity index (χ4v) is 3.99. The smallest absolute Gasteiger partial charge is 0.424 e. The minimum atomic E-state index is -1.10. The number of carbonyl (C=O) groups excluding carboxylic acids is 2. The Morgan fingerprint density at radius 1 is 1.11 bits per heavy atom. The number of aromatic nitrogens is 1. The Bertz CT molecular complexity index is 1340. The van der Waals surface area contributed by atoms with Gasteiger partial charge in [-0.1, -0.05) is 6.08 Å². The first-order valence-corrected chi connectivity index (χ1v) is 11.8. The molecule has 0 aliphatic carbocycles. The first-order valence-electron chi connectivity index (χ1n) is 11.8. The number of anilines is 2. The van der Waals surface area contributed by atoms with Gasteiger partial charge >= 0.3 is 12.2 Å². The van der Waals surface area contributed by atoms with Crippen LogP contribution in [0, 0.1) is 16.0 Å². The molecule has 0 saturated heterocycles. The lowest BCUT2D eigenvalue weighted by molar-refractivity contribution is -0.384. The monoisotopic (exact) mass is 507 g/mol. The van der Waals surface area contributed by atoms with Crippen LogP contribution in [0.4, 0.5) is 26.8 Å². The molecule has 0 radical (unpaired) electrons. The van der Waals surface area contributed by atoms with Gasteiger partial charge in [-0.25, -0.2) is 14.6 Å². The van der Waals surface area contributed by atoms with E-state index in [1.807, 2.05) is 23.4 Å². The molecule has 0 spiro atoms. The number of amides is 2. The number of aliphatic imine (C=N–C) groups is 1. The van der Waals surface area contributed by atoms with Crippen LogP contribution in [0.3, 0.4) is 0 Å². The number of carbonyl (C=O) groups is 2. The minimum Gasteiger partial charge on any atom is -0.443 e. The fraction of sp³-hybridized carbons (Fsp3) is 0.385. The number of nitro benzene ring substituents is 1. The highest BCUT2D eigenvalue weighted by Gasteiger charge is 2.38. The molecule has 37 heavy (non-hydrogen) atoms. The molecule has 2 aliphatic heterocycles. The summed E-state index contributed by atoms with van der Waals surface area (Å²) in [5, 5.41) is 12.9. The first kappa shape index (κ1) is 25.8. The highest BCUT2D eigenvalue weighted by molar-refractivity contribution is 6.17. The maximum atomic E-state index is 13.4. The number of nitrogens with zero attached hydrogens (tertiary/aromatic N) is 5. The van der Waals surface area contributed by atoms with Gasteiger partial charge in [-0.3, -0.25) is 15.1 Å².